The van der Waals surface area contributed by atoms with Crippen LogP contribution < -0.4 is 0 Å². The number of carbonyl (C=O) groups excluding carboxylic acids is 2. The van der Waals surface area contributed by atoms with E-state index in [9.17, 15) is 9.59 Å². The molecule has 31 heavy (non-hydrogen) atoms. The number of benzene rings is 1. The van der Waals surface area contributed by atoms with Gasteiger partial charge in [0.15, 0.2) is 0 Å². The van der Waals surface area contributed by atoms with Gasteiger partial charge in [-0.2, -0.15) is 0 Å². The van der Waals surface area contributed by atoms with Crippen LogP contribution in [0.1, 0.15) is 118 Å². The van der Waals surface area contributed by atoms with Crippen LogP contribution in [0.2, 0.25) is 0 Å². The van der Waals surface area contributed by atoms with E-state index in [0.717, 1.165) is 19.3 Å². The fourth-order valence-corrected chi connectivity index (χ4v) is 3.34. The molecule has 1 aromatic rings. The van der Waals surface area contributed by atoms with Gasteiger partial charge in [0.05, 0.1) is 17.7 Å². The van der Waals surface area contributed by atoms with Gasteiger partial charge in [0.25, 0.3) is 0 Å². The molecule has 0 aromatic heterocycles. The van der Waals surface area contributed by atoms with Crippen LogP contribution in [-0.4, -0.2) is 25.2 Å². The molecule has 1 rings (SSSR count). The van der Waals surface area contributed by atoms with E-state index < -0.39 is 5.97 Å². The number of esters is 2. The van der Waals surface area contributed by atoms with E-state index >= 15 is 0 Å². The molecule has 0 aliphatic heterocycles. The summed E-state index contributed by atoms with van der Waals surface area (Å²) in [4.78, 5) is 24.4. The third-order valence-corrected chi connectivity index (χ3v) is 5.27. The van der Waals surface area contributed by atoms with Gasteiger partial charge in [-0.3, -0.25) is 0 Å². The number of hydrogen-bond acceptors (Lipinski definition) is 4. The molecule has 4 nitrogen and oxygen atoms in total. The quantitative estimate of drug-likeness (QED) is 0.136. The van der Waals surface area contributed by atoms with Crippen molar-refractivity contribution in [2.75, 3.05) is 13.2 Å². The topological polar surface area (TPSA) is 52.6 Å². The lowest BCUT2D eigenvalue weighted by molar-refractivity contribution is 0.0497. The predicted molar refractivity (Wildman–Crippen MR) is 128 cm³/mol. The zero-order valence-electron chi connectivity index (χ0n) is 19.7. The normalized spacial score (nSPS) is 11.0. The Labute approximate surface area is 189 Å². The Morgan fingerprint density at radius 1 is 0.710 bits per heavy atom. The van der Waals surface area contributed by atoms with Gasteiger partial charge in [0.2, 0.25) is 0 Å². The fourth-order valence-electron chi connectivity index (χ4n) is 3.34. The molecule has 0 unspecified atom stereocenters. The van der Waals surface area contributed by atoms with Crippen LogP contribution in [0.15, 0.2) is 36.4 Å². The lowest BCUT2D eigenvalue weighted by Gasteiger charge is -2.07. The molecule has 0 fully saturated rings. The molecule has 1 aromatic carbocycles. The maximum Gasteiger partial charge on any atom is 0.338 e. The fraction of sp³-hybridized carbons (Fsp3) is 0.630. The number of ether oxygens (including phenoxy) is 2. The van der Waals surface area contributed by atoms with Crippen molar-refractivity contribution >= 4 is 11.9 Å². The summed E-state index contributed by atoms with van der Waals surface area (Å²) in [5.41, 5.74) is 0.761. The first kappa shape index (κ1) is 26.9. The number of unbranched alkanes of at least 4 members (excludes halogenated alkanes) is 11. The summed E-state index contributed by atoms with van der Waals surface area (Å²) < 4.78 is 10.6. The summed E-state index contributed by atoms with van der Waals surface area (Å²) in [5.74, 6) is -0.808. The minimum atomic E-state index is -0.421. The van der Waals surface area contributed by atoms with Crippen LogP contribution in [0, 0.1) is 0 Å². The molecule has 0 saturated carbocycles. The van der Waals surface area contributed by atoms with Crippen molar-refractivity contribution in [3.8, 4) is 0 Å². The lowest BCUT2D eigenvalue weighted by atomic mass is 10.1. The Hall–Kier alpha value is -2.10. The van der Waals surface area contributed by atoms with Crippen molar-refractivity contribution in [1.29, 1.82) is 0 Å². The Morgan fingerprint density at radius 2 is 1.26 bits per heavy atom. The van der Waals surface area contributed by atoms with E-state index in [2.05, 4.69) is 19.9 Å². The van der Waals surface area contributed by atoms with Gasteiger partial charge in [-0.15, -0.1) is 0 Å². The van der Waals surface area contributed by atoms with E-state index in [1.54, 1.807) is 24.3 Å². The molecule has 174 valence electrons. The third kappa shape index (κ3) is 13.7. The van der Waals surface area contributed by atoms with E-state index in [-0.39, 0.29) is 12.6 Å². The lowest BCUT2D eigenvalue weighted by Crippen LogP contribution is -2.10. The van der Waals surface area contributed by atoms with E-state index in [0.29, 0.717) is 17.7 Å². The standard InChI is InChI=1S/C27H42O4/c1-3-5-7-9-11-12-13-15-17-22-31-27(29)25-20-18-19-24(23-25)26(28)30-21-16-14-10-8-6-4-2/h15,17-20,23H,3-14,16,21-22H2,1-2H3/b17-15+. The first-order valence-electron chi connectivity index (χ1n) is 12.3. The molecule has 0 radical (unpaired) electrons. The van der Waals surface area contributed by atoms with Crippen LogP contribution in [-0.2, 0) is 9.47 Å². The minimum Gasteiger partial charge on any atom is -0.462 e. The first-order valence-corrected chi connectivity index (χ1v) is 12.3. The summed E-state index contributed by atoms with van der Waals surface area (Å²) >= 11 is 0. The number of carbonyl (C=O) groups is 2. The zero-order valence-corrected chi connectivity index (χ0v) is 19.7. The highest BCUT2D eigenvalue weighted by Gasteiger charge is 2.12. The maximum atomic E-state index is 12.2. The van der Waals surface area contributed by atoms with Gasteiger partial charge >= 0.3 is 11.9 Å². The highest BCUT2D eigenvalue weighted by atomic mass is 16.5. The van der Waals surface area contributed by atoms with Crippen molar-refractivity contribution < 1.29 is 19.1 Å². The summed E-state index contributed by atoms with van der Waals surface area (Å²) in [5, 5.41) is 0. The average molecular weight is 431 g/mol. The van der Waals surface area contributed by atoms with Gasteiger partial charge in [-0.1, -0.05) is 96.3 Å². The largest absolute Gasteiger partial charge is 0.462 e. The minimum absolute atomic E-state index is 0.251. The average Bonchev–Trinajstić information content (AvgIpc) is 2.79. The van der Waals surface area contributed by atoms with Crippen LogP contribution in [0.3, 0.4) is 0 Å². The van der Waals surface area contributed by atoms with Crippen molar-refractivity contribution in [3.05, 3.63) is 47.5 Å². The summed E-state index contributed by atoms with van der Waals surface area (Å²) in [6, 6.07) is 6.56. The second-order valence-corrected chi connectivity index (χ2v) is 8.11. The van der Waals surface area contributed by atoms with Crippen molar-refractivity contribution in [2.45, 2.75) is 97.3 Å². The second-order valence-electron chi connectivity index (χ2n) is 8.11. The second kappa shape index (κ2) is 18.7. The van der Waals surface area contributed by atoms with Gasteiger partial charge in [-0.05, 0) is 37.5 Å². The van der Waals surface area contributed by atoms with Crippen molar-refractivity contribution in [3.63, 3.8) is 0 Å². The predicted octanol–water partition coefficient (Wildman–Crippen LogP) is 7.67. The van der Waals surface area contributed by atoms with Gasteiger partial charge in [0, 0.05) is 0 Å². The molecule has 4 heteroatoms. The van der Waals surface area contributed by atoms with Crippen molar-refractivity contribution in [1.82, 2.24) is 0 Å². The molecular weight excluding hydrogens is 388 g/mol. The van der Waals surface area contributed by atoms with Gasteiger partial charge in [-0.25, -0.2) is 9.59 Å². The van der Waals surface area contributed by atoms with Crippen molar-refractivity contribution in [2.24, 2.45) is 0 Å². The number of allylic oxidation sites excluding steroid dienone is 1. The van der Waals surface area contributed by atoms with E-state index in [4.69, 9.17) is 9.47 Å². The van der Waals surface area contributed by atoms with Crippen LogP contribution >= 0.6 is 0 Å². The molecule has 0 heterocycles. The Kier molecular flexibility index (Phi) is 16.2. The molecule has 0 aliphatic carbocycles. The molecular formula is C27H42O4. The molecule has 0 saturated heterocycles. The highest BCUT2D eigenvalue weighted by molar-refractivity contribution is 5.95. The number of hydrogen-bond donors (Lipinski definition) is 0. The molecule has 0 spiro atoms. The third-order valence-electron chi connectivity index (χ3n) is 5.27. The highest BCUT2D eigenvalue weighted by Crippen LogP contribution is 2.11. The van der Waals surface area contributed by atoms with Crippen LogP contribution in [0.5, 0.6) is 0 Å². The zero-order chi connectivity index (χ0) is 22.6. The summed E-state index contributed by atoms with van der Waals surface area (Å²) in [7, 11) is 0. The summed E-state index contributed by atoms with van der Waals surface area (Å²) in [6.45, 7) is 5.09. The molecule has 0 amide bonds. The molecule has 0 aliphatic rings. The number of rotatable bonds is 18. The SMILES string of the molecule is CCCCCCCC/C=C/COC(=O)c1cccc(C(=O)OCCCCCCCC)c1. The molecule has 0 N–H and O–H groups in total. The van der Waals surface area contributed by atoms with Crippen LogP contribution in [0.4, 0.5) is 0 Å². The molecule has 0 bridgehead atoms. The Balaban J connectivity index is 2.24. The first-order chi connectivity index (χ1) is 15.2. The monoisotopic (exact) mass is 430 g/mol. The van der Waals surface area contributed by atoms with Gasteiger partial charge in [0.1, 0.15) is 6.61 Å². The Morgan fingerprint density at radius 3 is 1.90 bits per heavy atom. The van der Waals surface area contributed by atoms with E-state index in [1.165, 1.54) is 64.2 Å². The molecule has 0 atom stereocenters. The van der Waals surface area contributed by atoms with E-state index in [1.807, 2.05) is 6.08 Å². The Bertz CT molecular complexity index is 636. The van der Waals surface area contributed by atoms with Crippen LogP contribution in [0.25, 0.3) is 0 Å². The smallest absolute Gasteiger partial charge is 0.338 e. The summed E-state index contributed by atoms with van der Waals surface area (Å²) in [6.07, 6.45) is 19.5. The maximum absolute atomic E-state index is 12.2. The van der Waals surface area contributed by atoms with Gasteiger partial charge < -0.3 is 9.47 Å².